The zero-order chi connectivity index (χ0) is 33.9. The lowest BCUT2D eigenvalue weighted by molar-refractivity contribution is -0.136. The molecule has 256 valence electrons. The minimum absolute atomic E-state index is 0.0582. The molecule has 1 saturated carbocycles. The lowest BCUT2D eigenvalue weighted by atomic mass is 10.1. The summed E-state index contributed by atoms with van der Waals surface area (Å²) < 4.78 is 21.4. The predicted molar refractivity (Wildman–Crippen MR) is 178 cm³/mol. The van der Waals surface area contributed by atoms with Crippen LogP contribution in [0.1, 0.15) is 36.0 Å². The molecular weight excluding hydrogens is 640 g/mol. The maximum absolute atomic E-state index is 14.1. The van der Waals surface area contributed by atoms with Crippen molar-refractivity contribution in [1.29, 1.82) is 0 Å². The van der Waals surface area contributed by atoms with E-state index in [1.807, 2.05) is 41.3 Å². The Bertz CT molecular complexity index is 1560. The van der Waals surface area contributed by atoms with Crippen LogP contribution in [0, 0.1) is 0 Å². The summed E-state index contributed by atoms with van der Waals surface area (Å²) in [5.41, 5.74) is 3.15. The maximum atomic E-state index is 14.1. The molecule has 1 aliphatic heterocycles. The predicted octanol–water partition coefficient (Wildman–Crippen LogP) is 3.52. The van der Waals surface area contributed by atoms with E-state index in [-0.39, 0.29) is 37.0 Å². The van der Waals surface area contributed by atoms with Crippen molar-refractivity contribution in [3.05, 3.63) is 76.6 Å². The van der Waals surface area contributed by atoms with E-state index in [9.17, 15) is 14.4 Å². The number of anilines is 1. The normalized spacial score (nSPS) is 15.9. The van der Waals surface area contributed by atoms with Gasteiger partial charge in [-0.05, 0) is 42.5 Å². The average molecular weight is 681 g/mol. The smallest absolute Gasteiger partial charge is 0.406 e. The fraction of sp³-hybridized carbons (Fsp3) is 0.441. The van der Waals surface area contributed by atoms with E-state index in [0.29, 0.717) is 56.5 Å². The molecule has 0 spiro atoms. The molecule has 0 radical (unpaired) electrons. The average Bonchev–Trinajstić information content (AvgIpc) is 3.95. The van der Waals surface area contributed by atoms with Crippen LogP contribution in [0.4, 0.5) is 10.5 Å². The van der Waals surface area contributed by atoms with Gasteiger partial charge in [-0.3, -0.25) is 14.5 Å². The molecule has 1 atom stereocenters. The highest BCUT2D eigenvalue weighted by Crippen LogP contribution is 2.32. The molecule has 3 aromatic rings. The number of amides is 3. The van der Waals surface area contributed by atoms with E-state index in [4.69, 9.17) is 25.8 Å². The van der Waals surface area contributed by atoms with Crippen molar-refractivity contribution in [3.63, 3.8) is 0 Å². The van der Waals surface area contributed by atoms with E-state index in [1.165, 1.54) is 24.4 Å². The third-order valence-corrected chi connectivity index (χ3v) is 8.44. The maximum Gasteiger partial charge on any atom is 0.406 e. The molecule has 2 aliphatic rings. The summed E-state index contributed by atoms with van der Waals surface area (Å²) >= 11 is 6.58. The molecule has 5 rings (SSSR count). The first kappa shape index (κ1) is 34.9. The second-order valence-corrected chi connectivity index (χ2v) is 11.9. The Balaban J connectivity index is 1.18. The number of nitrogens with one attached hydrogen (secondary N) is 2. The standard InChI is InChI=1S/C34H41ClN6O7/c1-45-30-7-4-3-6-24(30)22-47-14-5-15-48-33-38-17-27(18-39-33)41-29(19-36-20-31(41)42)32(43)40(26-9-10-26)21-25-16-23(8-11-28(25)35)12-13-37-34(44)46-2/h3-4,6-8,11,16-18,26,29,36H,5,9-10,12-15,19-22H2,1-2H3,(H,37,44)/t29-/m1/s1. The highest BCUT2D eigenvalue weighted by Gasteiger charge is 2.41. The number of alkyl carbamates (subject to hydrolysis) is 1. The number of ether oxygens (including phenoxy) is 4. The first-order valence-corrected chi connectivity index (χ1v) is 16.3. The van der Waals surface area contributed by atoms with Gasteiger partial charge < -0.3 is 34.5 Å². The third-order valence-electron chi connectivity index (χ3n) is 8.08. The number of halogens is 1. The van der Waals surface area contributed by atoms with Crippen molar-refractivity contribution in [2.45, 2.75) is 50.9 Å². The summed E-state index contributed by atoms with van der Waals surface area (Å²) in [5, 5.41) is 6.29. The third kappa shape index (κ3) is 9.33. The van der Waals surface area contributed by atoms with Gasteiger partial charge in [0.2, 0.25) is 11.8 Å². The summed E-state index contributed by atoms with van der Waals surface area (Å²) in [6.45, 7) is 2.33. The quantitative estimate of drug-likeness (QED) is 0.216. The van der Waals surface area contributed by atoms with Crippen molar-refractivity contribution < 1.29 is 33.3 Å². The van der Waals surface area contributed by atoms with Gasteiger partial charge >= 0.3 is 12.1 Å². The van der Waals surface area contributed by atoms with E-state index >= 15 is 0 Å². The highest BCUT2D eigenvalue weighted by atomic mass is 35.5. The number of carbonyl (C=O) groups excluding carboxylic acids is 3. The second kappa shape index (κ2) is 17.1. The molecular formula is C34H41ClN6O7. The summed E-state index contributed by atoms with van der Waals surface area (Å²) in [7, 11) is 2.95. The van der Waals surface area contributed by atoms with Crippen LogP contribution in [0.2, 0.25) is 5.02 Å². The lowest BCUT2D eigenvalue weighted by Gasteiger charge is -2.38. The lowest BCUT2D eigenvalue weighted by Crippen LogP contribution is -2.61. The number of hydrogen-bond acceptors (Lipinski definition) is 10. The molecule has 2 N–H and O–H groups in total. The summed E-state index contributed by atoms with van der Waals surface area (Å²) in [4.78, 5) is 50.6. The minimum Gasteiger partial charge on any atom is -0.496 e. The van der Waals surface area contributed by atoms with Gasteiger partial charge in [0.05, 0.1) is 58.7 Å². The monoisotopic (exact) mass is 680 g/mol. The van der Waals surface area contributed by atoms with Crippen molar-refractivity contribution >= 4 is 35.2 Å². The van der Waals surface area contributed by atoms with Crippen molar-refractivity contribution in [2.24, 2.45) is 0 Å². The Hall–Kier alpha value is -4.46. The van der Waals surface area contributed by atoms with Gasteiger partial charge in [-0.15, -0.1) is 0 Å². The fourth-order valence-corrected chi connectivity index (χ4v) is 5.64. The van der Waals surface area contributed by atoms with Gasteiger partial charge in [0.25, 0.3) is 0 Å². The van der Waals surface area contributed by atoms with Crippen LogP contribution < -0.4 is 25.0 Å². The van der Waals surface area contributed by atoms with Crippen LogP contribution >= 0.6 is 11.6 Å². The van der Waals surface area contributed by atoms with Crippen molar-refractivity contribution in [3.8, 4) is 11.8 Å². The summed E-state index contributed by atoms with van der Waals surface area (Å²) in [6, 6.07) is 12.8. The van der Waals surface area contributed by atoms with E-state index < -0.39 is 12.1 Å². The molecule has 2 fully saturated rings. The first-order valence-electron chi connectivity index (χ1n) is 15.9. The van der Waals surface area contributed by atoms with Gasteiger partial charge in [-0.1, -0.05) is 41.9 Å². The van der Waals surface area contributed by atoms with Gasteiger partial charge in [0, 0.05) is 42.7 Å². The van der Waals surface area contributed by atoms with E-state index in [2.05, 4.69) is 25.3 Å². The Morgan fingerprint density at radius 3 is 2.62 bits per heavy atom. The largest absolute Gasteiger partial charge is 0.496 e. The molecule has 48 heavy (non-hydrogen) atoms. The second-order valence-electron chi connectivity index (χ2n) is 11.5. The van der Waals surface area contributed by atoms with Gasteiger partial charge in [0.1, 0.15) is 11.8 Å². The zero-order valence-corrected chi connectivity index (χ0v) is 27.9. The topological polar surface area (TPSA) is 144 Å². The number of aromatic nitrogens is 2. The van der Waals surface area contributed by atoms with E-state index in [0.717, 1.165) is 35.3 Å². The zero-order valence-electron chi connectivity index (χ0n) is 27.2. The Morgan fingerprint density at radius 2 is 1.88 bits per heavy atom. The van der Waals surface area contributed by atoms with Gasteiger partial charge in [0.15, 0.2) is 0 Å². The first-order chi connectivity index (χ1) is 23.4. The molecule has 1 aliphatic carbocycles. The Labute approximate surface area is 284 Å². The summed E-state index contributed by atoms with van der Waals surface area (Å²) in [5.74, 6) is 0.352. The molecule has 2 aromatic carbocycles. The Morgan fingerprint density at radius 1 is 1.08 bits per heavy atom. The summed E-state index contributed by atoms with van der Waals surface area (Å²) in [6.07, 6.45) is 5.47. The molecule has 14 heteroatoms. The van der Waals surface area contributed by atoms with Crippen LogP contribution in [0.5, 0.6) is 11.8 Å². The molecule has 1 aromatic heterocycles. The number of nitrogens with zero attached hydrogens (tertiary/aromatic N) is 4. The van der Waals surface area contributed by atoms with Gasteiger partial charge in [-0.2, -0.15) is 0 Å². The SMILES string of the molecule is COC(=O)NCCc1ccc(Cl)c(CN(C(=O)[C@H]2CNCC(=O)N2c2cnc(OCCCOCc3ccccc3OC)nc2)C2CC2)c1. The number of carbonyl (C=O) groups is 3. The number of methoxy groups -OCH3 is 2. The number of piperazine rings is 1. The number of para-hydroxylation sites is 1. The Kier molecular flexibility index (Phi) is 12.4. The molecule has 2 heterocycles. The number of benzene rings is 2. The minimum atomic E-state index is -0.783. The van der Waals surface area contributed by atoms with Crippen LogP contribution in [0.3, 0.4) is 0 Å². The fourth-order valence-electron chi connectivity index (χ4n) is 5.46. The van der Waals surface area contributed by atoms with Crippen LogP contribution in [0.25, 0.3) is 0 Å². The van der Waals surface area contributed by atoms with Crippen molar-refractivity contribution in [1.82, 2.24) is 25.5 Å². The van der Waals surface area contributed by atoms with E-state index in [1.54, 1.807) is 13.2 Å². The molecule has 13 nitrogen and oxygen atoms in total. The highest BCUT2D eigenvalue weighted by molar-refractivity contribution is 6.31. The van der Waals surface area contributed by atoms with Crippen LogP contribution in [-0.2, 0) is 38.6 Å². The van der Waals surface area contributed by atoms with Crippen molar-refractivity contribution in [2.75, 3.05) is 52.0 Å². The number of hydrogen-bond donors (Lipinski definition) is 2. The number of rotatable bonds is 16. The van der Waals surface area contributed by atoms with Crippen LogP contribution in [-0.4, -0.2) is 91.9 Å². The molecule has 0 unspecified atom stereocenters. The molecule has 3 amide bonds. The van der Waals surface area contributed by atoms with Gasteiger partial charge in [-0.25, -0.2) is 14.8 Å². The molecule has 0 bridgehead atoms. The van der Waals surface area contributed by atoms with Crippen LogP contribution in [0.15, 0.2) is 54.9 Å². The molecule has 1 saturated heterocycles.